The molecule has 7 nitrogen and oxygen atoms in total. The van der Waals surface area contributed by atoms with Gasteiger partial charge in [0.05, 0.1) is 11.1 Å². The number of benzene rings is 1. The van der Waals surface area contributed by atoms with Crippen molar-refractivity contribution in [3.05, 3.63) is 39.4 Å². The molecule has 86 valence electrons. The van der Waals surface area contributed by atoms with Crippen LogP contribution in [0.5, 0.6) is 0 Å². The number of hydrogen-bond acceptors (Lipinski definition) is 5. The van der Waals surface area contributed by atoms with Crippen LogP contribution in [0.15, 0.2) is 23.3 Å². The monoisotopic (exact) mass is 249 g/mol. The van der Waals surface area contributed by atoms with Crippen LogP contribution in [0.3, 0.4) is 0 Å². The molecule has 1 aromatic carbocycles. The first kappa shape index (κ1) is 12.5. The fourth-order valence-corrected chi connectivity index (χ4v) is 1.11. The Kier molecular flexibility index (Phi) is 4.08. The molecule has 0 aliphatic heterocycles. The van der Waals surface area contributed by atoms with Crippen molar-refractivity contribution in [2.45, 2.75) is 0 Å². The summed E-state index contributed by atoms with van der Waals surface area (Å²) in [6.45, 7) is 0. The number of thiocarbonyl (C=S) groups is 1. The van der Waals surface area contributed by atoms with Crippen molar-refractivity contribution in [2.75, 3.05) is 0 Å². The zero-order chi connectivity index (χ0) is 12.8. The van der Waals surface area contributed by atoms with Crippen LogP contribution in [0.1, 0.15) is 11.1 Å². The van der Waals surface area contributed by atoms with E-state index in [1.807, 2.05) is 0 Å². The van der Waals surface area contributed by atoms with Gasteiger partial charge in [-0.15, -0.1) is 0 Å². The van der Waals surface area contributed by atoms with E-state index < -0.39 is 4.92 Å². The SMILES string of the molecule is N#Cc1cc(C=NNC(N)=S)ccc1[N+](=O)[O-]. The Morgan fingerprint density at radius 1 is 1.71 bits per heavy atom. The number of nitrogens with zero attached hydrogens (tertiary/aromatic N) is 3. The molecule has 0 atom stereocenters. The van der Waals surface area contributed by atoms with E-state index in [4.69, 9.17) is 11.0 Å². The van der Waals surface area contributed by atoms with Crippen LogP contribution in [0, 0.1) is 21.4 Å². The lowest BCUT2D eigenvalue weighted by Crippen LogP contribution is -2.23. The lowest BCUT2D eigenvalue weighted by molar-refractivity contribution is -0.385. The van der Waals surface area contributed by atoms with Gasteiger partial charge in [0, 0.05) is 6.07 Å². The first-order chi connectivity index (χ1) is 8.04. The summed E-state index contributed by atoms with van der Waals surface area (Å²) in [6.07, 6.45) is 1.35. The van der Waals surface area contributed by atoms with Crippen molar-refractivity contribution in [1.82, 2.24) is 5.43 Å². The standard InChI is InChI=1S/C9H7N5O2S/c10-4-7-3-6(5-12-13-9(11)17)1-2-8(7)14(15)16/h1-3,5H,(H3,11,13,17). The van der Waals surface area contributed by atoms with Gasteiger partial charge in [0.25, 0.3) is 5.69 Å². The zero-order valence-electron chi connectivity index (χ0n) is 8.45. The lowest BCUT2D eigenvalue weighted by atomic mass is 10.1. The van der Waals surface area contributed by atoms with E-state index in [-0.39, 0.29) is 16.4 Å². The second-order valence-electron chi connectivity index (χ2n) is 2.88. The summed E-state index contributed by atoms with van der Waals surface area (Å²) in [4.78, 5) is 9.95. The fraction of sp³-hybridized carbons (Fsp3) is 0. The number of nitro benzene ring substituents is 1. The highest BCUT2D eigenvalue weighted by Crippen LogP contribution is 2.18. The Bertz CT molecular complexity index is 535. The van der Waals surface area contributed by atoms with Crippen LogP contribution in [0.2, 0.25) is 0 Å². The summed E-state index contributed by atoms with van der Waals surface area (Å²) in [5, 5.41) is 23.0. The molecule has 0 saturated carbocycles. The molecular formula is C9H7N5O2S. The third-order valence-corrected chi connectivity index (χ3v) is 1.82. The average molecular weight is 249 g/mol. The molecule has 0 radical (unpaired) electrons. The Hall–Kier alpha value is -2.53. The number of nitrogens with two attached hydrogens (primary N) is 1. The minimum Gasteiger partial charge on any atom is -0.375 e. The minimum absolute atomic E-state index is 0.00340. The van der Waals surface area contributed by atoms with Crippen molar-refractivity contribution in [2.24, 2.45) is 10.8 Å². The third-order valence-electron chi connectivity index (χ3n) is 1.73. The Morgan fingerprint density at radius 2 is 2.41 bits per heavy atom. The number of nitrogens with one attached hydrogen (secondary N) is 1. The van der Waals surface area contributed by atoms with Gasteiger partial charge in [0.15, 0.2) is 5.11 Å². The average Bonchev–Trinajstić information content (AvgIpc) is 2.28. The van der Waals surface area contributed by atoms with E-state index in [0.29, 0.717) is 5.56 Å². The van der Waals surface area contributed by atoms with E-state index in [2.05, 4.69) is 22.7 Å². The van der Waals surface area contributed by atoms with Crippen molar-refractivity contribution in [1.29, 1.82) is 5.26 Å². The molecule has 0 aliphatic rings. The van der Waals surface area contributed by atoms with Gasteiger partial charge in [-0.3, -0.25) is 15.5 Å². The predicted octanol–water partition coefficient (Wildman–Crippen LogP) is 0.634. The number of nitro groups is 1. The summed E-state index contributed by atoms with van der Waals surface area (Å²) >= 11 is 4.53. The highest BCUT2D eigenvalue weighted by Gasteiger charge is 2.12. The molecule has 0 heterocycles. The first-order valence-corrected chi connectivity index (χ1v) is 4.72. The van der Waals surface area contributed by atoms with Crippen LogP contribution in [-0.2, 0) is 0 Å². The molecule has 8 heteroatoms. The molecule has 0 saturated heterocycles. The van der Waals surface area contributed by atoms with Gasteiger partial charge >= 0.3 is 0 Å². The van der Waals surface area contributed by atoms with Gasteiger partial charge in [-0.25, -0.2) is 0 Å². The molecule has 3 N–H and O–H groups in total. The normalized spacial score (nSPS) is 9.82. The molecule has 0 amide bonds. The van der Waals surface area contributed by atoms with E-state index in [0.717, 1.165) is 0 Å². The largest absolute Gasteiger partial charge is 0.375 e. The molecule has 17 heavy (non-hydrogen) atoms. The third kappa shape index (κ3) is 3.51. The Balaban J connectivity index is 2.99. The van der Waals surface area contributed by atoms with Gasteiger partial charge < -0.3 is 5.73 Å². The van der Waals surface area contributed by atoms with E-state index in [1.165, 1.54) is 24.4 Å². The van der Waals surface area contributed by atoms with Crippen molar-refractivity contribution >= 4 is 29.2 Å². The molecular weight excluding hydrogens is 242 g/mol. The molecule has 0 spiro atoms. The molecule has 1 rings (SSSR count). The van der Waals surface area contributed by atoms with Crippen LogP contribution >= 0.6 is 12.2 Å². The van der Waals surface area contributed by atoms with Crippen LogP contribution in [0.4, 0.5) is 5.69 Å². The summed E-state index contributed by atoms with van der Waals surface area (Å²) in [5.41, 5.74) is 7.72. The molecule has 0 fully saturated rings. The first-order valence-electron chi connectivity index (χ1n) is 4.31. The molecule has 1 aromatic rings. The van der Waals surface area contributed by atoms with Crippen LogP contribution in [-0.4, -0.2) is 16.3 Å². The smallest absolute Gasteiger partial charge is 0.287 e. The number of hydrogen-bond donors (Lipinski definition) is 2. The van der Waals surface area contributed by atoms with Crippen LogP contribution < -0.4 is 11.2 Å². The Labute approximate surface area is 102 Å². The fourth-order valence-electron chi connectivity index (χ4n) is 1.05. The number of rotatable bonds is 3. The van der Waals surface area contributed by atoms with Gasteiger partial charge in [-0.2, -0.15) is 10.4 Å². The van der Waals surface area contributed by atoms with Gasteiger partial charge in [0.2, 0.25) is 0 Å². The van der Waals surface area contributed by atoms with Crippen molar-refractivity contribution in [3.8, 4) is 6.07 Å². The molecule has 0 bridgehead atoms. The highest BCUT2D eigenvalue weighted by molar-refractivity contribution is 7.80. The molecule has 0 unspecified atom stereocenters. The quantitative estimate of drug-likeness (QED) is 0.351. The molecule has 0 aliphatic carbocycles. The van der Waals surface area contributed by atoms with Gasteiger partial charge in [-0.1, -0.05) is 0 Å². The number of hydrazone groups is 1. The molecule has 0 aromatic heterocycles. The lowest BCUT2D eigenvalue weighted by Gasteiger charge is -1.97. The van der Waals surface area contributed by atoms with E-state index in [1.54, 1.807) is 6.07 Å². The zero-order valence-corrected chi connectivity index (χ0v) is 9.27. The summed E-state index contributed by atoms with van der Waals surface area (Å²) in [6, 6.07) is 5.79. The summed E-state index contributed by atoms with van der Waals surface area (Å²) in [7, 11) is 0. The number of nitriles is 1. The van der Waals surface area contributed by atoms with Gasteiger partial charge in [0.1, 0.15) is 11.6 Å². The van der Waals surface area contributed by atoms with Crippen molar-refractivity contribution in [3.63, 3.8) is 0 Å². The maximum absolute atomic E-state index is 10.6. The second kappa shape index (κ2) is 5.53. The van der Waals surface area contributed by atoms with E-state index >= 15 is 0 Å². The van der Waals surface area contributed by atoms with E-state index in [9.17, 15) is 10.1 Å². The van der Waals surface area contributed by atoms with Gasteiger partial charge in [-0.05, 0) is 29.9 Å². The maximum Gasteiger partial charge on any atom is 0.287 e. The second-order valence-corrected chi connectivity index (χ2v) is 3.32. The summed E-state index contributed by atoms with van der Waals surface area (Å²) < 4.78 is 0. The Morgan fingerprint density at radius 3 is 2.94 bits per heavy atom. The minimum atomic E-state index is -0.618. The maximum atomic E-state index is 10.6. The van der Waals surface area contributed by atoms with Crippen LogP contribution in [0.25, 0.3) is 0 Å². The predicted molar refractivity (Wildman–Crippen MR) is 65.3 cm³/mol. The van der Waals surface area contributed by atoms with Crippen molar-refractivity contribution < 1.29 is 4.92 Å². The highest BCUT2D eigenvalue weighted by atomic mass is 32.1. The summed E-state index contributed by atoms with van der Waals surface area (Å²) in [5.74, 6) is 0. The topological polar surface area (TPSA) is 117 Å².